The van der Waals surface area contributed by atoms with E-state index in [0.29, 0.717) is 9.99 Å². The van der Waals surface area contributed by atoms with Gasteiger partial charge in [-0.1, -0.05) is 6.07 Å². The average molecular weight is 372 g/mol. The molecule has 0 aliphatic heterocycles. The number of benzene rings is 2. The van der Waals surface area contributed by atoms with Crippen LogP contribution in [-0.2, 0) is 14.8 Å². The molecule has 0 atom stereocenters. The van der Waals surface area contributed by atoms with E-state index < -0.39 is 45.6 Å². The number of nitrogens with one attached hydrogen (secondary N) is 1. The first kappa shape index (κ1) is 18.8. The van der Waals surface area contributed by atoms with Crippen LogP contribution in [0.3, 0.4) is 0 Å². The number of hydrogen-bond donors (Lipinski definition) is 1. The molecule has 9 heteroatoms. The van der Waals surface area contributed by atoms with Gasteiger partial charge in [0.15, 0.2) is 11.6 Å². The Balaban J connectivity index is 2.13. The molecule has 0 saturated carbocycles. The molecule has 0 unspecified atom stereocenters. The number of carbonyl (C=O) groups excluding carboxylic acids is 1. The number of para-hydroxylation sites is 1. The summed E-state index contributed by atoms with van der Waals surface area (Å²) in [5.74, 6) is -3.16. The third-order valence-corrected chi connectivity index (χ3v) is 4.42. The van der Waals surface area contributed by atoms with Gasteiger partial charge >= 0.3 is 0 Å². The molecule has 134 valence electrons. The number of anilines is 2. The van der Waals surface area contributed by atoms with Gasteiger partial charge in [0.25, 0.3) is 0 Å². The van der Waals surface area contributed by atoms with E-state index in [1.807, 2.05) is 0 Å². The molecule has 0 aliphatic rings. The van der Waals surface area contributed by atoms with Gasteiger partial charge in [0.1, 0.15) is 11.5 Å². The maximum Gasteiger partial charge on any atom is 0.232 e. The number of nitrogens with zero attached hydrogens (tertiary/aromatic N) is 1. The minimum Gasteiger partial charge on any atom is -0.326 e. The summed E-state index contributed by atoms with van der Waals surface area (Å²) in [4.78, 5) is 11.9. The van der Waals surface area contributed by atoms with E-state index in [-0.39, 0.29) is 6.42 Å². The van der Waals surface area contributed by atoms with Gasteiger partial charge in [0.2, 0.25) is 15.9 Å². The maximum atomic E-state index is 13.9. The molecule has 0 fully saturated rings. The molecule has 0 heterocycles. The van der Waals surface area contributed by atoms with Crippen LogP contribution in [0, 0.1) is 17.5 Å². The van der Waals surface area contributed by atoms with E-state index in [0.717, 1.165) is 36.6 Å². The van der Waals surface area contributed by atoms with Crippen molar-refractivity contribution in [2.24, 2.45) is 0 Å². The van der Waals surface area contributed by atoms with Crippen molar-refractivity contribution in [2.45, 2.75) is 6.42 Å². The van der Waals surface area contributed by atoms with Crippen molar-refractivity contribution in [2.75, 3.05) is 22.4 Å². The van der Waals surface area contributed by atoms with Crippen molar-refractivity contribution in [1.82, 2.24) is 0 Å². The lowest BCUT2D eigenvalue weighted by Gasteiger charge is -2.23. The normalized spacial score (nSPS) is 11.2. The predicted molar refractivity (Wildman–Crippen MR) is 88.2 cm³/mol. The van der Waals surface area contributed by atoms with E-state index in [1.54, 1.807) is 0 Å². The number of hydrogen-bond acceptors (Lipinski definition) is 3. The fraction of sp³-hybridized carbons (Fsp3) is 0.188. The number of rotatable bonds is 6. The Morgan fingerprint density at radius 3 is 2.12 bits per heavy atom. The van der Waals surface area contributed by atoms with Gasteiger partial charge in [0, 0.05) is 18.7 Å². The summed E-state index contributed by atoms with van der Waals surface area (Å²) in [6.45, 7) is -0.455. The SMILES string of the molecule is CS(=O)(=O)N(CCC(=O)Nc1ccc(F)cc1)c1c(F)cccc1F. The lowest BCUT2D eigenvalue weighted by Crippen LogP contribution is -2.34. The summed E-state index contributed by atoms with van der Waals surface area (Å²) < 4.78 is 64.8. The summed E-state index contributed by atoms with van der Waals surface area (Å²) in [6.07, 6.45) is 0.439. The number of carbonyl (C=O) groups is 1. The summed E-state index contributed by atoms with van der Waals surface area (Å²) >= 11 is 0. The first-order valence-electron chi connectivity index (χ1n) is 7.15. The van der Waals surface area contributed by atoms with Crippen LogP contribution >= 0.6 is 0 Å². The Morgan fingerprint density at radius 1 is 1.04 bits per heavy atom. The lowest BCUT2D eigenvalue weighted by molar-refractivity contribution is -0.116. The standard InChI is InChI=1S/C16H15F3N2O3S/c1-25(23,24)21(16-13(18)3-2-4-14(16)19)10-9-15(22)20-12-7-5-11(17)6-8-12/h2-8H,9-10H2,1H3,(H,20,22). The molecular formula is C16H15F3N2O3S. The molecular weight excluding hydrogens is 357 g/mol. The van der Waals surface area contributed by atoms with Gasteiger partial charge in [0.05, 0.1) is 6.26 Å². The molecule has 2 aromatic rings. The fourth-order valence-electron chi connectivity index (χ4n) is 2.13. The van der Waals surface area contributed by atoms with Crippen molar-refractivity contribution in [3.8, 4) is 0 Å². The smallest absolute Gasteiger partial charge is 0.232 e. The van der Waals surface area contributed by atoms with Gasteiger partial charge in [-0.05, 0) is 36.4 Å². The minimum absolute atomic E-state index is 0.314. The molecule has 0 spiro atoms. The Bertz CT molecular complexity index is 850. The summed E-state index contributed by atoms with van der Waals surface area (Å²) in [5, 5.41) is 2.44. The molecule has 0 bridgehead atoms. The Morgan fingerprint density at radius 2 is 1.60 bits per heavy atom. The molecule has 0 aliphatic carbocycles. The average Bonchev–Trinajstić information content (AvgIpc) is 2.51. The van der Waals surface area contributed by atoms with Crippen molar-refractivity contribution < 1.29 is 26.4 Å². The third kappa shape index (κ3) is 4.96. The summed E-state index contributed by atoms with van der Waals surface area (Å²) in [5.41, 5.74) is -0.422. The van der Waals surface area contributed by atoms with Gasteiger partial charge in [-0.25, -0.2) is 21.6 Å². The van der Waals surface area contributed by atoms with Crippen molar-refractivity contribution in [1.29, 1.82) is 0 Å². The Labute approximate surface area is 143 Å². The molecule has 0 aromatic heterocycles. The Kier molecular flexibility index (Phi) is 5.68. The summed E-state index contributed by atoms with van der Waals surface area (Å²) in [7, 11) is -4.01. The second-order valence-electron chi connectivity index (χ2n) is 5.21. The molecule has 2 rings (SSSR count). The van der Waals surface area contributed by atoms with Crippen LogP contribution in [0.15, 0.2) is 42.5 Å². The first-order chi connectivity index (χ1) is 11.7. The van der Waals surface area contributed by atoms with E-state index in [4.69, 9.17) is 0 Å². The van der Waals surface area contributed by atoms with Crippen LogP contribution in [0.25, 0.3) is 0 Å². The molecule has 5 nitrogen and oxygen atoms in total. The highest BCUT2D eigenvalue weighted by Crippen LogP contribution is 2.25. The van der Waals surface area contributed by atoms with Gasteiger partial charge < -0.3 is 5.32 Å². The zero-order chi connectivity index (χ0) is 18.6. The quantitative estimate of drug-likeness (QED) is 0.848. The zero-order valence-corrected chi connectivity index (χ0v) is 14.0. The van der Waals surface area contributed by atoms with Crippen LogP contribution in [0.1, 0.15) is 6.42 Å². The molecule has 25 heavy (non-hydrogen) atoms. The van der Waals surface area contributed by atoms with Crippen molar-refractivity contribution in [3.05, 3.63) is 59.9 Å². The van der Waals surface area contributed by atoms with E-state index >= 15 is 0 Å². The largest absolute Gasteiger partial charge is 0.326 e. The monoisotopic (exact) mass is 372 g/mol. The molecule has 1 N–H and O–H groups in total. The van der Waals surface area contributed by atoms with Crippen molar-refractivity contribution >= 4 is 27.3 Å². The topological polar surface area (TPSA) is 66.5 Å². The third-order valence-electron chi connectivity index (χ3n) is 3.26. The van der Waals surface area contributed by atoms with Crippen LogP contribution in [0.4, 0.5) is 24.5 Å². The van der Waals surface area contributed by atoms with E-state index in [2.05, 4.69) is 5.32 Å². The van der Waals surface area contributed by atoms with Crippen LogP contribution in [0.2, 0.25) is 0 Å². The maximum absolute atomic E-state index is 13.9. The second-order valence-corrected chi connectivity index (χ2v) is 7.12. The highest BCUT2D eigenvalue weighted by Gasteiger charge is 2.25. The van der Waals surface area contributed by atoms with Crippen LogP contribution in [0.5, 0.6) is 0 Å². The number of sulfonamides is 1. The molecule has 2 aromatic carbocycles. The lowest BCUT2D eigenvalue weighted by atomic mass is 10.2. The molecule has 0 saturated heterocycles. The fourth-order valence-corrected chi connectivity index (χ4v) is 3.06. The highest BCUT2D eigenvalue weighted by atomic mass is 32.2. The minimum atomic E-state index is -4.01. The Hall–Kier alpha value is -2.55. The van der Waals surface area contributed by atoms with Gasteiger partial charge in [-0.2, -0.15) is 0 Å². The van der Waals surface area contributed by atoms with Crippen molar-refractivity contribution in [3.63, 3.8) is 0 Å². The molecule has 1 amide bonds. The molecule has 0 radical (unpaired) electrons. The van der Waals surface area contributed by atoms with E-state index in [1.165, 1.54) is 12.1 Å². The number of halogens is 3. The van der Waals surface area contributed by atoms with E-state index in [9.17, 15) is 26.4 Å². The highest BCUT2D eigenvalue weighted by molar-refractivity contribution is 7.92. The second kappa shape index (κ2) is 7.56. The zero-order valence-electron chi connectivity index (χ0n) is 13.2. The number of amides is 1. The predicted octanol–water partition coefficient (Wildman–Crippen LogP) is 2.90. The summed E-state index contributed by atoms with van der Waals surface area (Å²) in [6, 6.07) is 7.91. The first-order valence-corrected chi connectivity index (χ1v) is 9.00. The van der Waals surface area contributed by atoms with Gasteiger partial charge in [-0.15, -0.1) is 0 Å². The van der Waals surface area contributed by atoms with Gasteiger partial charge in [-0.3, -0.25) is 9.10 Å². The van der Waals surface area contributed by atoms with Crippen LogP contribution in [-0.4, -0.2) is 27.1 Å². The van der Waals surface area contributed by atoms with Crippen LogP contribution < -0.4 is 9.62 Å².